The van der Waals surface area contributed by atoms with Crippen LogP contribution in [0.1, 0.15) is 38.8 Å². The van der Waals surface area contributed by atoms with E-state index >= 15 is 0 Å². The first-order valence-electron chi connectivity index (χ1n) is 9.85. The van der Waals surface area contributed by atoms with Gasteiger partial charge < -0.3 is 15.9 Å². The molecule has 0 saturated heterocycles. The van der Waals surface area contributed by atoms with Crippen molar-refractivity contribution in [2.75, 3.05) is 5.73 Å². The van der Waals surface area contributed by atoms with Crippen molar-refractivity contribution in [3.05, 3.63) is 84.0 Å². The Balaban J connectivity index is 0. The summed E-state index contributed by atoms with van der Waals surface area (Å²) < 4.78 is 61.4. The fourth-order valence-electron chi connectivity index (χ4n) is 2.87. The molecule has 9 nitrogen and oxygen atoms in total. The van der Waals surface area contributed by atoms with Gasteiger partial charge in [0.1, 0.15) is 16.4 Å². The fourth-order valence-corrected chi connectivity index (χ4v) is 4.18. The van der Waals surface area contributed by atoms with E-state index in [0.29, 0.717) is 17.5 Å². The van der Waals surface area contributed by atoms with Crippen LogP contribution in [0.5, 0.6) is 11.5 Å². The third-order valence-corrected chi connectivity index (χ3v) is 6.39. The minimum atomic E-state index is -4.29. The highest BCUT2D eigenvalue weighted by molar-refractivity contribution is 7.86. The van der Waals surface area contributed by atoms with E-state index in [2.05, 4.69) is 24.3 Å². The van der Waals surface area contributed by atoms with Crippen LogP contribution >= 0.6 is 13.5 Å². The number of phenolic OH excluding ortho intramolecular Hbond substituents is 2. The summed E-state index contributed by atoms with van der Waals surface area (Å²) in [5, 5.41) is 18.5. The van der Waals surface area contributed by atoms with Crippen molar-refractivity contribution in [1.82, 2.24) is 0 Å². The standard InChI is InChI=1S/C12H12O4S.C6H7NO4S.C5H6.2CH4.H2S/c1-8-6-12(17(14,15)16)10(7-11(8)13)9-4-2-3-5-9;7-5-3-4(12(9,10)11)1-2-6(5)8;1-2-4-5-3-1;;;/h2-4,6-7,13H,5H2,1H3,(H,14,15,16);1-3,8H,7H2,(H,9,10,11);1-4H,5H2;2*1H4;1H2. The Kier molecular flexibility index (Phi) is 14.9. The highest BCUT2D eigenvalue weighted by atomic mass is 32.2. The van der Waals surface area contributed by atoms with Gasteiger partial charge in [-0.3, -0.25) is 9.11 Å². The summed E-state index contributed by atoms with van der Waals surface area (Å²) in [7, 11) is -8.52. The lowest BCUT2D eigenvalue weighted by Gasteiger charge is -2.10. The Labute approximate surface area is 226 Å². The van der Waals surface area contributed by atoms with Gasteiger partial charge in [-0.15, -0.1) is 0 Å². The molecule has 0 heterocycles. The molecular formula is C25H35NO8S3. The molecule has 0 spiro atoms. The van der Waals surface area contributed by atoms with Gasteiger partial charge in [-0.25, -0.2) is 0 Å². The monoisotopic (exact) mass is 573 g/mol. The molecule has 6 N–H and O–H groups in total. The Hall–Kier alpha value is -3.03. The number of phenols is 2. The Bertz CT molecular complexity index is 1380. The summed E-state index contributed by atoms with van der Waals surface area (Å²) in [5.74, 6) is -0.206. The minimum Gasteiger partial charge on any atom is -0.508 e. The number of hydrogen-bond acceptors (Lipinski definition) is 7. The van der Waals surface area contributed by atoms with E-state index in [-0.39, 0.29) is 55.3 Å². The van der Waals surface area contributed by atoms with E-state index in [1.54, 1.807) is 19.1 Å². The van der Waals surface area contributed by atoms with Crippen LogP contribution in [-0.4, -0.2) is 36.2 Å². The van der Waals surface area contributed by atoms with Crippen molar-refractivity contribution in [3.63, 3.8) is 0 Å². The number of nitrogens with two attached hydrogens (primary N) is 1. The number of benzene rings is 2. The SMILES string of the molecule is C.C.C1=CCC=C1.Cc1cc(S(=O)(=O)O)c(C2=CC=CC2)cc1O.Nc1cc(S(=O)(=O)O)ccc1O.S. The van der Waals surface area contributed by atoms with E-state index < -0.39 is 20.2 Å². The van der Waals surface area contributed by atoms with Crippen LogP contribution in [0.2, 0.25) is 0 Å². The fraction of sp³-hybridized carbons (Fsp3) is 0.200. The number of anilines is 1. The van der Waals surface area contributed by atoms with Gasteiger partial charge >= 0.3 is 0 Å². The molecule has 0 saturated carbocycles. The molecular weight excluding hydrogens is 538 g/mol. The molecule has 4 rings (SSSR count). The normalized spacial score (nSPS) is 13.0. The predicted molar refractivity (Wildman–Crippen MR) is 153 cm³/mol. The topological polar surface area (TPSA) is 175 Å². The third-order valence-electron chi connectivity index (χ3n) is 4.65. The van der Waals surface area contributed by atoms with Gasteiger partial charge in [-0.2, -0.15) is 30.3 Å². The molecule has 0 amide bonds. The first kappa shape index (κ1) is 36.1. The second-order valence-electron chi connectivity index (χ2n) is 7.22. The molecule has 2 aliphatic rings. The molecule has 2 aromatic rings. The van der Waals surface area contributed by atoms with Crippen molar-refractivity contribution >= 4 is 45.0 Å². The van der Waals surface area contributed by atoms with Gasteiger partial charge in [0, 0.05) is 5.56 Å². The zero-order chi connectivity index (χ0) is 25.5. The zero-order valence-electron chi connectivity index (χ0n) is 18.7. The van der Waals surface area contributed by atoms with E-state index in [1.165, 1.54) is 12.1 Å². The first-order chi connectivity index (χ1) is 15.8. The molecule has 37 heavy (non-hydrogen) atoms. The Morgan fingerprint density at radius 3 is 1.81 bits per heavy atom. The van der Waals surface area contributed by atoms with Crippen LogP contribution in [0.4, 0.5) is 5.69 Å². The third kappa shape index (κ3) is 10.9. The maximum Gasteiger partial charge on any atom is 0.295 e. The van der Waals surface area contributed by atoms with Gasteiger partial charge in [-0.1, -0.05) is 57.4 Å². The van der Waals surface area contributed by atoms with E-state index in [4.69, 9.17) is 15.4 Å². The molecule has 12 heteroatoms. The Morgan fingerprint density at radius 2 is 1.41 bits per heavy atom. The smallest absolute Gasteiger partial charge is 0.295 e. The lowest BCUT2D eigenvalue weighted by Crippen LogP contribution is -2.03. The second kappa shape index (κ2) is 15.3. The lowest BCUT2D eigenvalue weighted by atomic mass is 10.0. The lowest BCUT2D eigenvalue weighted by molar-refractivity contribution is 0.468. The van der Waals surface area contributed by atoms with Gasteiger partial charge in [0.2, 0.25) is 0 Å². The molecule has 0 atom stereocenters. The molecule has 206 valence electrons. The van der Waals surface area contributed by atoms with Gasteiger partial charge in [-0.05, 0) is 61.2 Å². The average Bonchev–Trinajstić information content (AvgIpc) is 3.47. The summed E-state index contributed by atoms with van der Waals surface area (Å²) in [4.78, 5) is -0.499. The average molecular weight is 574 g/mol. The quantitative estimate of drug-likeness (QED) is 0.183. The molecule has 0 fully saturated rings. The van der Waals surface area contributed by atoms with E-state index in [0.717, 1.165) is 30.2 Å². The Morgan fingerprint density at radius 1 is 0.811 bits per heavy atom. The largest absolute Gasteiger partial charge is 0.508 e. The van der Waals surface area contributed by atoms with Gasteiger partial charge in [0.15, 0.2) is 0 Å². The number of rotatable bonds is 3. The minimum absolute atomic E-state index is 0. The van der Waals surface area contributed by atoms with Crippen LogP contribution in [0.3, 0.4) is 0 Å². The van der Waals surface area contributed by atoms with Crippen LogP contribution in [0, 0.1) is 6.92 Å². The molecule has 2 aliphatic carbocycles. The summed E-state index contributed by atoms with van der Waals surface area (Å²) in [6, 6.07) is 5.78. The number of aryl methyl sites for hydroxylation is 1. The highest BCUT2D eigenvalue weighted by Crippen LogP contribution is 2.33. The van der Waals surface area contributed by atoms with Crippen LogP contribution < -0.4 is 5.73 Å². The van der Waals surface area contributed by atoms with Crippen LogP contribution in [0.15, 0.2) is 82.7 Å². The molecule has 0 unspecified atom stereocenters. The van der Waals surface area contributed by atoms with Crippen LogP contribution in [0.25, 0.3) is 5.57 Å². The second-order valence-corrected chi connectivity index (χ2v) is 10.0. The molecule has 0 aliphatic heterocycles. The summed E-state index contributed by atoms with van der Waals surface area (Å²) in [5.41, 5.74) is 6.61. The number of nitrogen functional groups attached to an aromatic ring is 1. The molecule has 0 aromatic heterocycles. The summed E-state index contributed by atoms with van der Waals surface area (Å²) >= 11 is 0. The molecule has 0 bridgehead atoms. The van der Waals surface area contributed by atoms with Crippen molar-refractivity contribution < 1.29 is 36.2 Å². The maximum atomic E-state index is 11.3. The number of aromatic hydroxyl groups is 2. The van der Waals surface area contributed by atoms with Gasteiger partial charge in [0.25, 0.3) is 20.2 Å². The summed E-state index contributed by atoms with van der Waals surface area (Å²) in [6.07, 6.45) is 15.5. The zero-order valence-corrected chi connectivity index (χ0v) is 21.3. The van der Waals surface area contributed by atoms with Gasteiger partial charge in [0.05, 0.1) is 10.6 Å². The first-order valence-corrected chi connectivity index (χ1v) is 12.7. The van der Waals surface area contributed by atoms with Crippen molar-refractivity contribution in [2.24, 2.45) is 0 Å². The van der Waals surface area contributed by atoms with Crippen molar-refractivity contribution in [3.8, 4) is 11.5 Å². The van der Waals surface area contributed by atoms with Crippen molar-refractivity contribution in [1.29, 1.82) is 0 Å². The maximum absolute atomic E-state index is 11.3. The van der Waals surface area contributed by atoms with Crippen LogP contribution in [-0.2, 0) is 20.2 Å². The molecule has 2 aromatic carbocycles. The van der Waals surface area contributed by atoms with E-state index in [1.807, 2.05) is 6.08 Å². The van der Waals surface area contributed by atoms with Crippen molar-refractivity contribution in [2.45, 2.75) is 44.4 Å². The predicted octanol–water partition coefficient (Wildman–Crippen LogP) is 5.40. The number of hydrogen-bond donors (Lipinski definition) is 5. The number of allylic oxidation sites excluding steroid dienone is 8. The summed E-state index contributed by atoms with van der Waals surface area (Å²) in [6.45, 7) is 1.58. The molecule has 0 radical (unpaired) electrons. The van der Waals surface area contributed by atoms with E-state index in [9.17, 15) is 26.5 Å². The highest BCUT2D eigenvalue weighted by Gasteiger charge is 2.20.